The van der Waals surface area contributed by atoms with E-state index in [2.05, 4.69) is 5.32 Å². The van der Waals surface area contributed by atoms with Gasteiger partial charge in [-0.05, 0) is 36.8 Å². The molecule has 142 valence electrons. The van der Waals surface area contributed by atoms with E-state index in [-0.39, 0.29) is 23.4 Å². The number of nitrogens with one attached hydrogen (secondary N) is 1. The van der Waals surface area contributed by atoms with Gasteiger partial charge in [0.2, 0.25) is 6.79 Å². The largest absolute Gasteiger partial charge is 0.454 e. The van der Waals surface area contributed by atoms with Crippen molar-refractivity contribution in [3.8, 4) is 11.5 Å². The predicted molar refractivity (Wildman–Crippen MR) is 101 cm³/mol. The van der Waals surface area contributed by atoms with Crippen LogP contribution in [-0.2, 0) is 9.53 Å². The van der Waals surface area contributed by atoms with Crippen LogP contribution in [0.3, 0.4) is 0 Å². The molecule has 2 aromatic rings. The fourth-order valence-corrected chi connectivity index (χ4v) is 3.35. The van der Waals surface area contributed by atoms with E-state index in [1.54, 1.807) is 25.1 Å². The molecule has 0 aromatic heterocycles. The predicted octanol–water partition coefficient (Wildman–Crippen LogP) is 4.41. The quantitative estimate of drug-likeness (QED) is 0.711. The Morgan fingerprint density at radius 1 is 1.15 bits per heavy atom. The number of carbonyl (C=O) groups is 2. The second-order valence-corrected chi connectivity index (χ2v) is 6.97. The number of benzene rings is 2. The van der Waals surface area contributed by atoms with E-state index in [1.807, 2.05) is 0 Å². The molecule has 0 saturated carbocycles. The Labute approximate surface area is 170 Å². The van der Waals surface area contributed by atoms with Crippen molar-refractivity contribution in [1.29, 1.82) is 0 Å². The van der Waals surface area contributed by atoms with Gasteiger partial charge in [0.15, 0.2) is 18.1 Å². The van der Waals surface area contributed by atoms with Crippen LogP contribution in [-0.4, -0.2) is 25.3 Å². The maximum atomic E-state index is 12.2. The Morgan fingerprint density at radius 3 is 2.67 bits per heavy atom. The molecule has 1 aliphatic heterocycles. The fraction of sp³-hybridized carbons (Fsp3) is 0.222. The van der Waals surface area contributed by atoms with Gasteiger partial charge in [-0.1, -0.05) is 40.9 Å². The van der Waals surface area contributed by atoms with Gasteiger partial charge in [-0.3, -0.25) is 4.79 Å². The molecule has 1 atom stereocenters. The zero-order chi connectivity index (χ0) is 19.6. The van der Waals surface area contributed by atoms with Crippen molar-refractivity contribution in [3.05, 3.63) is 56.5 Å². The molecule has 1 N–H and O–H groups in total. The van der Waals surface area contributed by atoms with Crippen LogP contribution in [0.15, 0.2) is 30.3 Å². The molecular formula is C18H14Cl3NO5. The van der Waals surface area contributed by atoms with Crippen molar-refractivity contribution >= 4 is 46.7 Å². The summed E-state index contributed by atoms with van der Waals surface area (Å²) in [5, 5.41) is 3.86. The maximum Gasteiger partial charge on any atom is 0.338 e. The van der Waals surface area contributed by atoms with Gasteiger partial charge in [-0.2, -0.15) is 0 Å². The number of rotatable bonds is 5. The molecule has 1 unspecified atom stereocenters. The number of hydrogen-bond acceptors (Lipinski definition) is 5. The highest BCUT2D eigenvalue weighted by molar-refractivity contribution is 6.35. The first-order valence-electron chi connectivity index (χ1n) is 7.85. The van der Waals surface area contributed by atoms with Crippen molar-refractivity contribution in [2.24, 2.45) is 0 Å². The van der Waals surface area contributed by atoms with Gasteiger partial charge in [0.1, 0.15) is 0 Å². The van der Waals surface area contributed by atoms with Gasteiger partial charge < -0.3 is 19.5 Å². The Kier molecular flexibility index (Phi) is 5.99. The van der Waals surface area contributed by atoms with Crippen LogP contribution in [0.2, 0.25) is 15.1 Å². The molecule has 2 aromatic carbocycles. The smallest absolute Gasteiger partial charge is 0.338 e. The van der Waals surface area contributed by atoms with E-state index in [4.69, 9.17) is 49.0 Å². The number of hydrogen-bond donors (Lipinski definition) is 1. The highest BCUT2D eigenvalue weighted by Crippen LogP contribution is 2.39. The minimum Gasteiger partial charge on any atom is -0.454 e. The molecule has 3 rings (SSSR count). The average Bonchev–Trinajstić information content (AvgIpc) is 3.08. The van der Waals surface area contributed by atoms with Crippen molar-refractivity contribution in [2.75, 3.05) is 13.4 Å². The lowest BCUT2D eigenvalue weighted by Gasteiger charge is -2.16. The summed E-state index contributed by atoms with van der Waals surface area (Å²) in [4.78, 5) is 24.2. The Morgan fingerprint density at radius 2 is 1.93 bits per heavy atom. The molecule has 0 radical (unpaired) electrons. The zero-order valence-corrected chi connectivity index (χ0v) is 16.3. The third-order valence-electron chi connectivity index (χ3n) is 3.80. The Balaban J connectivity index is 1.57. The normalized spacial score (nSPS) is 13.2. The standard InChI is InChI=1S/C18H14Cl3NO5/c1-9(12-3-2-11(19)6-13(12)20)22-16(23)7-25-18(24)10-4-14(21)17-15(5-10)26-8-27-17/h2-6,9H,7-8H2,1H3,(H,22,23). The number of carbonyl (C=O) groups excluding carboxylic acids is 2. The van der Waals surface area contributed by atoms with Crippen LogP contribution in [0.1, 0.15) is 28.9 Å². The third kappa shape index (κ3) is 4.58. The number of esters is 1. The van der Waals surface area contributed by atoms with E-state index in [0.717, 1.165) is 0 Å². The first kappa shape index (κ1) is 19.6. The van der Waals surface area contributed by atoms with Crippen molar-refractivity contribution < 1.29 is 23.8 Å². The fourth-order valence-electron chi connectivity index (χ4n) is 2.51. The van der Waals surface area contributed by atoms with Gasteiger partial charge in [0.25, 0.3) is 5.91 Å². The lowest BCUT2D eigenvalue weighted by Crippen LogP contribution is -2.31. The summed E-state index contributed by atoms with van der Waals surface area (Å²) in [6, 6.07) is 7.44. The molecule has 0 aliphatic carbocycles. The molecule has 0 spiro atoms. The van der Waals surface area contributed by atoms with E-state index < -0.39 is 18.5 Å². The lowest BCUT2D eigenvalue weighted by atomic mass is 10.1. The van der Waals surface area contributed by atoms with Crippen LogP contribution in [0, 0.1) is 0 Å². The monoisotopic (exact) mass is 429 g/mol. The highest BCUT2D eigenvalue weighted by atomic mass is 35.5. The van der Waals surface area contributed by atoms with E-state index in [0.29, 0.717) is 27.1 Å². The molecule has 0 saturated heterocycles. The van der Waals surface area contributed by atoms with E-state index in [9.17, 15) is 9.59 Å². The minimum absolute atomic E-state index is 0.0289. The van der Waals surface area contributed by atoms with Gasteiger partial charge in [-0.15, -0.1) is 0 Å². The molecule has 0 bridgehead atoms. The van der Waals surface area contributed by atoms with Gasteiger partial charge >= 0.3 is 5.97 Å². The number of fused-ring (bicyclic) bond motifs is 1. The summed E-state index contributed by atoms with van der Waals surface area (Å²) in [5.41, 5.74) is 0.856. The van der Waals surface area contributed by atoms with Crippen LogP contribution >= 0.6 is 34.8 Å². The van der Waals surface area contributed by atoms with Crippen molar-refractivity contribution in [1.82, 2.24) is 5.32 Å². The Bertz CT molecular complexity index is 903. The second kappa shape index (κ2) is 8.25. The summed E-state index contributed by atoms with van der Waals surface area (Å²) < 4.78 is 15.4. The summed E-state index contributed by atoms with van der Waals surface area (Å²) in [6.45, 7) is 1.33. The van der Waals surface area contributed by atoms with Gasteiger partial charge in [0, 0.05) is 10.0 Å². The van der Waals surface area contributed by atoms with Gasteiger partial charge in [0.05, 0.1) is 16.6 Å². The molecule has 1 amide bonds. The average molecular weight is 431 g/mol. The highest BCUT2D eigenvalue weighted by Gasteiger charge is 2.22. The van der Waals surface area contributed by atoms with E-state index in [1.165, 1.54) is 12.1 Å². The van der Waals surface area contributed by atoms with Crippen LogP contribution in [0.5, 0.6) is 11.5 Å². The second-order valence-electron chi connectivity index (χ2n) is 5.72. The van der Waals surface area contributed by atoms with E-state index >= 15 is 0 Å². The lowest BCUT2D eigenvalue weighted by molar-refractivity contribution is -0.124. The van der Waals surface area contributed by atoms with Crippen molar-refractivity contribution in [2.45, 2.75) is 13.0 Å². The Hall–Kier alpha value is -2.15. The molecule has 1 aliphatic rings. The molecular weight excluding hydrogens is 417 g/mol. The summed E-state index contributed by atoms with van der Waals surface area (Å²) in [5.74, 6) is -0.458. The number of halogens is 3. The minimum atomic E-state index is -0.706. The maximum absolute atomic E-state index is 12.2. The summed E-state index contributed by atoms with van der Waals surface area (Å²) in [6.07, 6.45) is 0. The SMILES string of the molecule is CC(NC(=O)COC(=O)c1cc(Cl)c2c(c1)OCO2)c1ccc(Cl)cc1Cl. The number of ether oxygens (including phenoxy) is 3. The summed E-state index contributed by atoms with van der Waals surface area (Å²) >= 11 is 18.0. The topological polar surface area (TPSA) is 73.9 Å². The first-order valence-corrected chi connectivity index (χ1v) is 8.99. The molecule has 6 nitrogen and oxygen atoms in total. The molecule has 0 fully saturated rings. The molecule has 9 heteroatoms. The third-order valence-corrected chi connectivity index (χ3v) is 4.65. The van der Waals surface area contributed by atoms with Crippen LogP contribution < -0.4 is 14.8 Å². The van der Waals surface area contributed by atoms with Crippen LogP contribution in [0.25, 0.3) is 0 Å². The zero-order valence-electron chi connectivity index (χ0n) is 14.1. The molecule has 27 heavy (non-hydrogen) atoms. The van der Waals surface area contributed by atoms with Gasteiger partial charge in [-0.25, -0.2) is 4.79 Å². The first-order chi connectivity index (χ1) is 12.8. The summed E-state index contributed by atoms with van der Waals surface area (Å²) in [7, 11) is 0. The number of amides is 1. The van der Waals surface area contributed by atoms with Crippen LogP contribution in [0.4, 0.5) is 0 Å². The molecule has 1 heterocycles. The van der Waals surface area contributed by atoms with Crippen molar-refractivity contribution in [3.63, 3.8) is 0 Å².